The van der Waals surface area contributed by atoms with E-state index >= 15 is 0 Å². The maximum absolute atomic E-state index is 12.4. The van der Waals surface area contributed by atoms with Crippen molar-refractivity contribution in [3.63, 3.8) is 0 Å². The van der Waals surface area contributed by atoms with Crippen molar-refractivity contribution < 1.29 is 0 Å². The van der Waals surface area contributed by atoms with E-state index in [1.54, 1.807) is 24.5 Å². The second-order valence-electron chi connectivity index (χ2n) is 7.16. The fourth-order valence-corrected chi connectivity index (χ4v) is 3.49. The van der Waals surface area contributed by atoms with Crippen LogP contribution in [0, 0.1) is 0 Å². The maximum atomic E-state index is 12.4. The second-order valence-corrected chi connectivity index (χ2v) is 7.16. The number of benzene rings is 2. The molecule has 0 saturated carbocycles. The quantitative estimate of drug-likeness (QED) is 0.470. The minimum absolute atomic E-state index is 0.155. The molecule has 150 valence electrons. The Hall–Kier alpha value is -4.32. The van der Waals surface area contributed by atoms with Crippen LogP contribution in [0.25, 0.3) is 34.3 Å². The molecule has 0 aliphatic carbocycles. The molecule has 2 aromatic carbocycles. The van der Waals surface area contributed by atoms with Gasteiger partial charge in [-0.3, -0.25) is 14.5 Å². The van der Waals surface area contributed by atoms with Gasteiger partial charge in [-0.25, -0.2) is 4.98 Å². The fraction of sp³-hybridized carbons (Fsp3) is 0.0400. The highest BCUT2D eigenvalue weighted by atomic mass is 16.1. The molecule has 3 aromatic heterocycles. The molecule has 0 atom stereocenters. The van der Waals surface area contributed by atoms with E-state index in [-0.39, 0.29) is 5.56 Å². The van der Waals surface area contributed by atoms with Gasteiger partial charge in [-0.05, 0) is 42.0 Å². The molecule has 0 fully saturated rings. The van der Waals surface area contributed by atoms with E-state index in [2.05, 4.69) is 27.1 Å². The average Bonchev–Trinajstić information content (AvgIpc) is 3.21. The van der Waals surface area contributed by atoms with Crippen LogP contribution >= 0.6 is 0 Å². The van der Waals surface area contributed by atoms with E-state index < -0.39 is 0 Å². The first-order valence-corrected chi connectivity index (χ1v) is 9.95. The lowest BCUT2D eigenvalue weighted by Crippen LogP contribution is -2.09. The molecule has 0 radical (unpaired) electrons. The van der Waals surface area contributed by atoms with E-state index in [1.807, 2.05) is 65.5 Å². The average molecular weight is 405 g/mol. The highest BCUT2D eigenvalue weighted by Gasteiger charge is 2.10. The molecular formula is C25H19N5O. The van der Waals surface area contributed by atoms with E-state index in [9.17, 15) is 4.79 Å². The van der Waals surface area contributed by atoms with Crippen molar-refractivity contribution in [2.45, 2.75) is 6.54 Å². The lowest BCUT2D eigenvalue weighted by molar-refractivity contribution is 0.689. The monoisotopic (exact) mass is 405 g/mol. The molecule has 0 aliphatic rings. The molecule has 31 heavy (non-hydrogen) atoms. The molecule has 6 nitrogen and oxygen atoms in total. The molecule has 5 aromatic rings. The fourth-order valence-electron chi connectivity index (χ4n) is 3.49. The SMILES string of the molecule is O=c1[nH]c(/C=C/c2cn(Cc3ccccc3)nc2-c2cccnc2)nc2ccccc12. The van der Waals surface area contributed by atoms with Crippen molar-refractivity contribution in [1.82, 2.24) is 24.7 Å². The van der Waals surface area contributed by atoms with E-state index in [1.165, 1.54) is 5.56 Å². The van der Waals surface area contributed by atoms with Gasteiger partial charge in [0.25, 0.3) is 5.56 Å². The molecular weight excluding hydrogens is 386 g/mol. The number of hydrogen-bond donors (Lipinski definition) is 1. The van der Waals surface area contributed by atoms with Gasteiger partial charge >= 0.3 is 0 Å². The first-order valence-electron chi connectivity index (χ1n) is 9.95. The van der Waals surface area contributed by atoms with Gasteiger partial charge in [-0.1, -0.05) is 42.5 Å². The zero-order valence-corrected chi connectivity index (χ0v) is 16.6. The Balaban J connectivity index is 1.53. The molecule has 6 heteroatoms. The minimum Gasteiger partial charge on any atom is -0.306 e. The van der Waals surface area contributed by atoms with Crippen molar-refractivity contribution in [2.75, 3.05) is 0 Å². The second kappa shape index (κ2) is 8.20. The smallest absolute Gasteiger partial charge is 0.259 e. The van der Waals surface area contributed by atoms with Gasteiger partial charge in [0.15, 0.2) is 0 Å². The van der Waals surface area contributed by atoms with Crippen LogP contribution in [-0.2, 0) is 6.54 Å². The molecule has 0 saturated heterocycles. The summed E-state index contributed by atoms with van der Waals surface area (Å²) in [6.45, 7) is 0.660. The van der Waals surface area contributed by atoms with E-state index in [0.717, 1.165) is 16.8 Å². The van der Waals surface area contributed by atoms with Crippen LogP contribution in [0.2, 0.25) is 0 Å². The number of nitrogens with one attached hydrogen (secondary N) is 1. The van der Waals surface area contributed by atoms with Crippen LogP contribution < -0.4 is 5.56 Å². The van der Waals surface area contributed by atoms with Crippen molar-refractivity contribution in [1.29, 1.82) is 0 Å². The number of fused-ring (bicyclic) bond motifs is 1. The van der Waals surface area contributed by atoms with Crippen LogP contribution in [0.4, 0.5) is 0 Å². The van der Waals surface area contributed by atoms with Crippen LogP contribution in [0.15, 0.2) is 90.1 Å². The predicted molar refractivity (Wildman–Crippen MR) is 122 cm³/mol. The third kappa shape index (κ3) is 4.04. The Morgan fingerprint density at radius 3 is 2.61 bits per heavy atom. The summed E-state index contributed by atoms with van der Waals surface area (Å²) in [5, 5.41) is 5.36. The number of pyridine rings is 1. The first-order chi connectivity index (χ1) is 15.3. The molecule has 3 heterocycles. The van der Waals surface area contributed by atoms with Crippen LogP contribution in [-0.4, -0.2) is 24.7 Å². The summed E-state index contributed by atoms with van der Waals surface area (Å²) in [6.07, 6.45) is 9.25. The summed E-state index contributed by atoms with van der Waals surface area (Å²) in [7, 11) is 0. The molecule has 1 N–H and O–H groups in total. The van der Waals surface area contributed by atoms with Crippen LogP contribution in [0.3, 0.4) is 0 Å². The summed E-state index contributed by atoms with van der Waals surface area (Å²) < 4.78 is 1.91. The van der Waals surface area contributed by atoms with E-state index in [0.29, 0.717) is 23.3 Å². The number of hydrogen-bond acceptors (Lipinski definition) is 4. The summed E-state index contributed by atoms with van der Waals surface area (Å²) in [6, 6.07) is 21.4. The summed E-state index contributed by atoms with van der Waals surface area (Å²) in [5.41, 5.74) is 4.34. The molecule has 0 unspecified atom stereocenters. The lowest BCUT2D eigenvalue weighted by Gasteiger charge is -2.01. The molecule has 0 bridgehead atoms. The van der Waals surface area contributed by atoms with Crippen molar-refractivity contribution >= 4 is 23.1 Å². The largest absolute Gasteiger partial charge is 0.306 e. The highest BCUT2D eigenvalue weighted by molar-refractivity contribution is 5.80. The zero-order valence-electron chi connectivity index (χ0n) is 16.6. The number of aromatic nitrogens is 5. The number of para-hydroxylation sites is 1. The van der Waals surface area contributed by atoms with Crippen molar-refractivity contribution in [3.05, 3.63) is 113 Å². The topological polar surface area (TPSA) is 76.5 Å². The Morgan fingerprint density at radius 2 is 1.77 bits per heavy atom. The number of nitrogens with zero attached hydrogens (tertiary/aromatic N) is 4. The number of rotatable bonds is 5. The van der Waals surface area contributed by atoms with E-state index in [4.69, 9.17) is 5.10 Å². The third-order valence-corrected chi connectivity index (χ3v) is 4.96. The summed E-state index contributed by atoms with van der Waals surface area (Å²) in [5.74, 6) is 0.497. The van der Waals surface area contributed by atoms with Gasteiger partial charge in [0, 0.05) is 29.7 Å². The molecule has 0 aliphatic heterocycles. The lowest BCUT2D eigenvalue weighted by atomic mass is 10.1. The Labute approximate surface area is 178 Å². The van der Waals surface area contributed by atoms with Gasteiger partial charge in [-0.15, -0.1) is 0 Å². The molecule has 0 spiro atoms. The predicted octanol–water partition coefficient (Wildman–Crippen LogP) is 4.40. The summed E-state index contributed by atoms with van der Waals surface area (Å²) >= 11 is 0. The number of aromatic amines is 1. The molecule has 0 amide bonds. The Bertz CT molecular complexity index is 1420. The minimum atomic E-state index is -0.155. The van der Waals surface area contributed by atoms with Gasteiger partial charge in [0.2, 0.25) is 0 Å². The molecule has 5 rings (SSSR count). The highest BCUT2D eigenvalue weighted by Crippen LogP contribution is 2.23. The van der Waals surface area contributed by atoms with Crippen LogP contribution in [0.5, 0.6) is 0 Å². The summed E-state index contributed by atoms with van der Waals surface area (Å²) in [4.78, 5) is 24.0. The van der Waals surface area contributed by atoms with Crippen LogP contribution in [0.1, 0.15) is 17.0 Å². The van der Waals surface area contributed by atoms with Gasteiger partial charge in [0.05, 0.1) is 17.4 Å². The maximum Gasteiger partial charge on any atom is 0.259 e. The van der Waals surface area contributed by atoms with Gasteiger partial charge < -0.3 is 4.98 Å². The van der Waals surface area contributed by atoms with Crippen molar-refractivity contribution in [3.8, 4) is 11.3 Å². The zero-order chi connectivity index (χ0) is 21.0. The van der Waals surface area contributed by atoms with Gasteiger partial charge in [-0.2, -0.15) is 5.10 Å². The Kier molecular flexibility index (Phi) is 4.94. The number of H-pyrrole nitrogens is 1. The van der Waals surface area contributed by atoms with Crippen molar-refractivity contribution in [2.24, 2.45) is 0 Å². The standard InChI is InChI=1S/C25H19N5O/c31-25-21-10-4-5-11-22(21)27-23(28-25)13-12-20-17-30(16-18-7-2-1-3-8-18)29-24(20)19-9-6-14-26-15-19/h1-15,17H,16H2,(H,27,28,31)/b13-12+. The third-order valence-electron chi connectivity index (χ3n) is 4.96. The Morgan fingerprint density at radius 1 is 0.935 bits per heavy atom. The van der Waals surface area contributed by atoms with Gasteiger partial charge in [0.1, 0.15) is 11.5 Å². The first kappa shape index (κ1) is 18.7. The normalized spacial score (nSPS) is 11.4.